The van der Waals surface area contributed by atoms with Gasteiger partial charge in [0.1, 0.15) is 4.21 Å². The summed E-state index contributed by atoms with van der Waals surface area (Å²) in [5, 5.41) is 6.43. The first-order chi connectivity index (χ1) is 9.12. The molecule has 2 aromatic heterocycles. The Kier molecular flexibility index (Phi) is 4.64. The molecule has 2 aromatic rings. The van der Waals surface area contributed by atoms with Crippen LogP contribution in [0, 0.1) is 0 Å². The van der Waals surface area contributed by atoms with Gasteiger partial charge in [-0.25, -0.2) is 13.1 Å². The van der Waals surface area contributed by atoms with Gasteiger partial charge in [0, 0.05) is 24.4 Å². The zero-order valence-corrected chi connectivity index (χ0v) is 11.9. The van der Waals surface area contributed by atoms with Gasteiger partial charge in [0.15, 0.2) is 6.33 Å². The molecule has 0 amide bonds. The molecular formula is C10H14N4O3S2. The molecule has 0 saturated carbocycles. The summed E-state index contributed by atoms with van der Waals surface area (Å²) in [6.07, 6.45) is 1.65. The second kappa shape index (κ2) is 6.24. The van der Waals surface area contributed by atoms with E-state index in [0.29, 0.717) is 23.1 Å². The van der Waals surface area contributed by atoms with Gasteiger partial charge >= 0.3 is 0 Å². The lowest BCUT2D eigenvalue weighted by molar-refractivity contribution is 0.377. The Morgan fingerprint density at radius 1 is 1.42 bits per heavy atom. The van der Waals surface area contributed by atoms with Crippen LogP contribution in [-0.4, -0.2) is 32.2 Å². The van der Waals surface area contributed by atoms with E-state index in [4.69, 9.17) is 4.52 Å². The van der Waals surface area contributed by atoms with Gasteiger partial charge in [-0.1, -0.05) is 5.16 Å². The van der Waals surface area contributed by atoms with Gasteiger partial charge in [-0.3, -0.25) is 0 Å². The number of hydrogen-bond donors (Lipinski definition) is 2. The normalized spacial score (nSPS) is 11.8. The zero-order valence-electron chi connectivity index (χ0n) is 10.3. The van der Waals surface area contributed by atoms with Gasteiger partial charge in [-0.2, -0.15) is 4.98 Å². The minimum Gasteiger partial charge on any atom is -0.340 e. The number of aromatic nitrogens is 2. The van der Waals surface area contributed by atoms with Crippen LogP contribution in [0.1, 0.15) is 10.8 Å². The maximum Gasteiger partial charge on any atom is 0.250 e. The molecule has 0 bridgehead atoms. The molecule has 2 N–H and O–H groups in total. The van der Waals surface area contributed by atoms with Crippen molar-refractivity contribution in [1.29, 1.82) is 0 Å². The van der Waals surface area contributed by atoms with Crippen LogP contribution in [-0.2, 0) is 23.0 Å². The van der Waals surface area contributed by atoms with Crippen LogP contribution in [0.15, 0.2) is 27.2 Å². The third-order valence-electron chi connectivity index (χ3n) is 2.29. The van der Waals surface area contributed by atoms with E-state index in [9.17, 15) is 8.42 Å². The highest BCUT2D eigenvalue weighted by molar-refractivity contribution is 7.91. The molecule has 19 heavy (non-hydrogen) atoms. The van der Waals surface area contributed by atoms with Crippen molar-refractivity contribution in [2.24, 2.45) is 0 Å². The van der Waals surface area contributed by atoms with Gasteiger partial charge in [-0.15, -0.1) is 11.3 Å². The smallest absolute Gasteiger partial charge is 0.250 e. The molecule has 2 heterocycles. The predicted octanol–water partition coefficient (Wildman–Crippen LogP) is 0.371. The number of hydrogen-bond acceptors (Lipinski definition) is 7. The number of sulfonamides is 1. The van der Waals surface area contributed by atoms with Gasteiger partial charge in [0.25, 0.3) is 0 Å². The monoisotopic (exact) mass is 302 g/mol. The molecule has 0 aliphatic heterocycles. The van der Waals surface area contributed by atoms with E-state index in [2.05, 4.69) is 20.2 Å². The van der Waals surface area contributed by atoms with E-state index in [1.54, 1.807) is 12.1 Å². The van der Waals surface area contributed by atoms with Crippen molar-refractivity contribution < 1.29 is 12.9 Å². The molecule has 0 aromatic carbocycles. The topological polar surface area (TPSA) is 97.1 Å². The molecule has 0 atom stereocenters. The highest BCUT2D eigenvalue weighted by Crippen LogP contribution is 2.21. The number of nitrogens with zero attached hydrogens (tertiary/aromatic N) is 2. The molecule has 2 rings (SSSR count). The summed E-state index contributed by atoms with van der Waals surface area (Å²) < 4.78 is 31.6. The molecule has 7 nitrogen and oxygen atoms in total. The Hall–Kier alpha value is -1.29. The Balaban J connectivity index is 1.93. The second-order valence-electron chi connectivity index (χ2n) is 3.73. The highest BCUT2D eigenvalue weighted by atomic mass is 32.2. The second-order valence-corrected chi connectivity index (χ2v) is 6.90. The Labute approximate surface area is 115 Å². The van der Waals surface area contributed by atoms with E-state index >= 15 is 0 Å². The summed E-state index contributed by atoms with van der Waals surface area (Å²) >= 11 is 1.25. The zero-order chi connectivity index (χ0) is 13.7. The molecule has 0 saturated heterocycles. The molecule has 104 valence electrons. The SMILES string of the molecule is CNCc1ccc(S(=O)(=O)NCCc2ncno2)s1. The molecule has 0 fully saturated rings. The maximum atomic E-state index is 12.0. The van der Waals surface area contributed by atoms with E-state index in [1.165, 1.54) is 17.7 Å². The first kappa shape index (κ1) is 14.1. The van der Waals surface area contributed by atoms with Crippen molar-refractivity contribution >= 4 is 21.4 Å². The Morgan fingerprint density at radius 2 is 2.26 bits per heavy atom. The summed E-state index contributed by atoms with van der Waals surface area (Å²) in [6, 6.07) is 3.40. The molecule has 0 unspecified atom stereocenters. The van der Waals surface area contributed by atoms with Crippen molar-refractivity contribution in [2.45, 2.75) is 17.2 Å². The lowest BCUT2D eigenvalue weighted by Crippen LogP contribution is -2.25. The van der Waals surface area contributed by atoms with E-state index in [0.717, 1.165) is 4.88 Å². The quantitative estimate of drug-likeness (QED) is 0.767. The van der Waals surface area contributed by atoms with Crippen LogP contribution < -0.4 is 10.0 Å². The van der Waals surface area contributed by atoms with E-state index in [-0.39, 0.29) is 6.54 Å². The first-order valence-electron chi connectivity index (χ1n) is 5.60. The van der Waals surface area contributed by atoms with Crippen LogP contribution in [0.2, 0.25) is 0 Å². The summed E-state index contributed by atoms with van der Waals surface area (Å²) in [5.41, 5.74) is 0. The molecule has 0 radical (unpaired) electrons. The molecular weight excluding hydrogens is 288 g/mol. The predicted molar refractivity (Wildman–Crippen MR) is 70.3 cm³/mol. The average molecular weight is 302 g/mol. The molecule has 0 aliphatic carbocycles. The van der Waals surface area contributed by atoms with Crippen molar-refractivity contribution in [2.75, 3.05) is 13.6 Å². The van der Waals surface area contributed by atoms with Crippen molar-refractivity contribution in [3.63, 3.8) is 0 Å². The van der Waals surface area contributed by atoms with Crippen molar-refractivity contribution in [3.8, 4) is 0 Å². The van der Waals surface area contributed by atoms with Crippen LogP contribution in [0.5, 0.6) is 0 Å². The lowest BCUT2D eigenvalue weighted by atomic mass is 10.4. The minimum absolute atomic E-state index is 0.226. The van der Waals surface area contributed by atoms with Crippen molar-refractivity contribution in [1.82, 2.24) is 20.2 Å². The number of rotatable bonds is 7. The summed E-state index contributed by atoms with van der Waals surface area (Å²) in [6.45, 7) is 0.881. The molecule has 0 aliphatic rings. The standard InChI is InChI=1S/C10H14N4O3S2/c1-11-6-8-2-3-10(18-8)19(15,16)14-5-4-9-12-7-13-17-9/h2-3,7,11,14H,4-6H2,1H3. The van der Waals surface area contributed by atoms with Gasteiger partial charge in [-0.05, 0) is 19.2 Å². The summed E-state index contributed by atoms with van der Waals surface area (Å²) in [5.74, 6) is 0.407. The first-order valence-corrected chi connectivity index (χ1v) is 7.90. The molecule has 9 heteroatoms. The van der Waals surface area contributed by atoms with Crippen LogP contribution in [0.25, 0.3) is 0 Å². The Bertz CT molecular complexity index is 607. The third-order valence-corrected chi connectivity index (χ3v) is 5.33. The fraction of sp³-hybridized carbons (Fsp3) is 0.400. The number of thiophene rings is 1. The average Bonchev–Trinajstić information content (AvgIpc) is 3.00. The lowest BCUT2D eigenvalue weighted by Gasteiger charge is -2.02. The van der Waals surface area contributed by atoms with Gasteiger partial charge < -0.3 is 9.84 Å². The Morgan fingerprint density at radius 3 is 2.95 bits per heavy atom. The minimum atomic E-state index is -3.46. The van der Waals surface area contributed by atoms with Crippen LogP contribution in [0.3, 0.4) is 0 Å². The number of nitrogens with one attached hydrogen (secondary N) is 2. The maximum absolute atomic E-state index is 12.0. The van der Waals surface area contributed by atoms with Crippen molar-refractivity contribution in [3.05, 3.63) is 29.2 Å². The van der Waals surface area contributed by atoms with Crippen LogP contribution in [0.4, 0.5) is 0 Å². The van der Waals surface area contributed by atoms with E-state index in [1.807, 2.05) is 7.05 Å². The third kappa shape index (κ3) is 3.83. The van der Waals surface area contributed by atoms with E-state index < -0.39 is 10.0 Å². The summed E-state index contributed by atoms with van der Waals surface area (Å²) in [4.78, 5) is 4.79. The molecule has 0 spiro atoms. The summed E-state index contributed by atoms with van der Waals surface area (Å²) in [7, 11) is -1.64. The van der Waals surface area contributed by atoms with Crippen LogP contribution >= 0.6 is 11.3 Å². The largest absolute Gasteiger partial charge is 0.340 e. The van der Waals surface area contributed by atoms with Gasteiger partial charge in [0.05, 0.1) is 0 Å². The van der Waals surface area contributed by atoms with Gasteiger partial charge in [0.2, 0.25) is 15.9 Å². The fourth-order valence-corrected chi connectivity index (χ4v) is 3.89. The fourth-order valence-electron chi connectivity index (χ4n) is 1.44. The highest BCUT2D eigenvalue weighted by Gasteiger charge is 2.16.